The first-order valence-electron chi connectivity index (χ1n) is 6.07. The summed E-state index contributed by atoms with van der Waals surface area (Å²) in [5.74, 6) is 0.695. The predicted octanol–water partition coefficient (Wildman–Crippen LogP) is 3.25. The number of allylic oxidation sites excluding steroid dienone is 1. The fourth-order valence-corrected chi connectivity index (χ4v) is 1.68. The topological polar surface area (TPSA) is 35.8 Å². The second-order valence-electron chi connectivity index (χ2n) is 4.40. The van der Waals surface area contributed by atoms with E-state index in [9.17, 15) is 0 Å². The van der Waals surface area contributed by atoms with Gasteiger partial charge in [0, 0.05) is 6.54 Å². The third kappa shape index (κ3) is 5.33. The number of benzene rings is 1. The Labute approximate surface area is 104 Å². The summed E-state index contributed by atoms with van der Waals surface area (Å²) in [5.41, 5.74) is 1.94. The average molecular weight is 228 g/mol. The van der Waals surface area contributed by atoms with Gasteiger partial charge in [0.1, 0.15) is 0 Å². The van der Waals surface area contributed by atoms with Gasteiger partial charge in [-0.1, -0.05) is 25.1 Å². The molecule has 90 valence electrons. The van der Waals surface area contributed by atoms with Crippen LogP contribution in [0.3, 0.4) is 0 Å². The van der Waals surface area contributed by atoms with Crippen molar-refractivity contribution in [2.45, 2.75) is 26.3 Å². The van der Waals surface area contributed by atoms with Gasteiger partial charge in [0.05, 0.1) is 11.6 Å². The molecule has 2 nitrogen and oxygen atoms in total. The molecule has 0 bridgehead atoms. The lowest BCUT2D eigenvalue weighted by Gasteiger charge is -2.09. The Morgan fingerprint density at radius 2 is 2.12 bits per heavy atom. The van der Waals surface area contributed by atoms with Crippen molar-refractivity contribution in [2.75, 3.05) is 6.54 Å². The quantitative estimate of drug-likeness (QED) is 0.574. The fourth-order valence-electron chi connectivity index (χ4n) is 1.68. The molecule has 0 aromatic heterocycles. The van der Waals surface area contributed by atoms with Gasteiger partial charge < -0.3 is 5.32 Å². The van der Waals surface area contributed by atoms with E-state index >= 15 is 0 Å². The highest BCUT2D eigenvalue weighted by molar-refractivity contribution is 5.31. The predicted molar refractivity (Wildman–Crippen MR) is 71.5 cm³/mol. The summed E-state index contributed by atoms with van der Waals surface area (Å²) in [6.07, 6.45) is 4.23. The third-order valence-electron chi connectivity index (χ3n) is 2.80. The van der Waals surface area contributed by atoms with Crippen LogP contribution in [0.25, 0.3) is 0 Å². The van der Waals surface area contributed by atoms with Crippen molar-refractivity contribution in [3.63, 3.8) is 0 Å². The zero-order chi connectivity index (χ0) is 12.5. The van der Waals surface area contributed by atoms with Gasteiger partial charge in [-0.3, -0.25) is 0 Å². The molecule has 1 aromatic carbocycles. The van der Waals surface area contributed by atoms with Crippen LogP contribution < -0.4 is 5.32 Å². The number of nitriles is 1. The molecule has 1 rings (SSSR count). The zero-order valence-electron chi connectivity index (χ0n) is 10.4. The fraction of sp³-hybridized carbons (Fsp3) is 0.400. The van der Waals surface area contributed by atoms with Gasteiger partial charge in [0.25, 0.3) is 0 Å². The molecule has 0 saturated carbocycles. The first-order valence-corrected chi connectivity index (χ1v) is 6.07. The van der Waals surface area contributed by atoms with Crippen molar-refractivity contribution in [3.05, 3.63) is 48.0 Å². The van der Waals surface area contributed by atoms with E-state index in [1.165, 1.54) is 12.0 Å². The summed E-state index contributed by atoms with van der Waals surface area (Å²) >= 11 is 0. The molecule has 0 aliphatic carbocycles. The monoisotopic (exact) mass is 228 g/mol. The highest BCUT2D eigenvalue weighted by Gasteiger charge is 1.99. The molecule has 0 aliphatic rings. The Hall–Kier alpha value is -1.59. The van der Waals surface area contributed by atoms with Crippen LogP contribution in [-0.4, -0.2) is 6.54 Å². The Bertz CT molecular complexity index is 373. The molecule has 0 radical (unpaired) electrons. The minimum atomic E-state index is 0.695. The molecule has 0 heterocycles. The maximum atomic E-state index is 8.68. The van der Waals surface area contributed by atoms with E-state index in [0.717, 1.165) is 19.5 Å². The molecule has 1 unspecified atom stereocenters. The summed E-state index contributed by atoms with van der Waals surface area (Å²) in [6, 6.07) is 9.84. The Morgan fingerprint density at radius 3 is 2.71 bits per heavy atom. The van der Waals surface area contributed by atoms with E-state index in [2.05, 4.69) is 24.9 Å². The van der Waals surface area contributed by atoms with Gasteiger partial charge in [-0.15, -0.1) is 6.58 Å². The summed E-state index contributed by atoms with van der Waals surface area (Å²) in [4.78, 5) is 0. The minimum Gasteiger partial charge on any atom is -0.313 e. The SMILES string of the molecule is C=CCC(C)CCNCc1ccc(C#N)cc1. The Morgan fingerprint density at radius 1 is 1.41 bits per heavy atom. The largest absolute Gasteiger partial charge is 0.313 e. The summed E-state index contributed by atoms with van der Waals surface area (Å²) in [6.45, 7) is 7.88. The highest BCUT2D eigenvalue weighted by atomic mass is 14.8. The Balaban J connectivity index is 2.22. The maximum absolute atomic E-state index is 8.68. The van der Waals surface area contributed by atoms with Crippen molar-refractivity contribution >= 4 is 0 Å². The van der Waals surface area contributed by atoms with Gasteiger partial charge in [0.15, 0.2) is 0 Å². The maximum Gasteiger partial charge on any atom is 0.0991 e. The molecule has 0 aliphatic heterocycles. The molecule has 0 saturated heterocycles. The van der Waals surface area contributed by atoms with Gasteiger partial charge in [-0.25, -0.2) is 0 Å². The van der Waals surface area contributed by atoms with E-state index in [1.54, 1.807) is 0 Å². The van der Waals surface area contributed by atoms with Gasteiger partial charge in [-0.05, 0) is 43.0 Å². The number of hydrogen-bond donors (Lipinski definition) is 1. The Kier molecular flexibility index (Phi) is 6.06. The number of nitrogens with one attached hydrogen (secondary N) is 1. The van der Waals surface area contributed by atoms with Crippen LogP contribution >= 0.6 is 0 Å². The lowest BCUT2D eigenvalue weighted by molar-refractivity contribution is 0.506. The molecule has 1 aromatic rings. The van der Waals surface area contributed by atoms with Crippen LogP contribution in [-0.2, 0) is 6.54 Å². The summed E-state index contributed by atoms with van der Waals surface area (Å²) in [5, 5.41) is 12.1. The van der Waals surface area contributed by atoms with Crippen LogP contribution in [0.5, 0.6) is 0 Å². The summed E-state index contributed by atoms with van der Waals surface area (Å²) < 4.78 is 0. The van der Waals surface area contributed by atoms with E-state index in [4.69, 9.17) is 5.26 Å². The molecule has 0 amide bonds. The zero-order valence-corrected chi connectivity index (χ0v) is 10.4. The number of rotatable bonds is 7. The lowest BCUT2D eigenvalue weighted by Crippen LogP contribution is -2.16. The minimum absolute atomic E-state index is 0.695. The first kappa shape index (κ1) is 13.5. The summed E-state index contributed by atoms with van der Waals surface area (Å²) in [7, 11) is 0. The van der Waals surface area contributed by atoms with Gasteiger partial charge >= 0.3 is 0 Å². The molecular formula is C15H20N2. The van der Waals surface area contributed by atoms with Crippen LogP contribution in [0.15, 0.2) is 36.9 Å². The lowest BCUT2D eigenvalue weighted by atomic mass is 10.0. The second kappa shape index (κ2) is 7.65. The van der Waals surface area contributed by atoms with Gasteiger partial charge in [-0.2, -0.15) is 5.26 Å². The van der Waals surface area contributed by atoms with Crippen molar-refractivity contribution < 1.29 is 0 Å². The smallest absolute Gasteiger partial charge is 0.0991 e. The van der Waals surface area contributed by atoms with Gasteiger partial charge in [0.2, 0.25) is 0 Å². The van der Waals surface area contributed by atoms with Crippen LogP contribution in [0, 0.1) is 17.2 Å². The van der Waals surface area contributed by atoms with E-state index < -0.39 is 0 Å². The van der Waals surface area contributed by atoms with Crippen LogP contribution in [0.1, 0.15) is 30.9 Å². The molecule has 0 fully saturated rings. The molecule has 17 heavy (non-hydrogen) atoms. The van der Waals surface area contributed by atoms with Crippen molar-refractivity contribution in [2.24, 2.45) is 5.92 Å². The van der Waals surface area contributed by atoms with E-state index in [-0.39, 0.29) is 0 Å². The molecule has 2 heteroatoms. The molecule has 1 N–H and O–H groups in total. The van der Waals surface area contributed by atoms with Crippen molar-refractivity contribution in [1.82, 2.24) is 5.32 Å². The van der Waals surface area contributed by atoms with Crippen LogP contribution in [0.2, 0.25) is 0 Å². The third-order valence-corrected chi connectivity index (χ3v) is 2.80. The normalized spacial score (nSPS) is 11.8. The molecule has 1 atom stereocenters. The number of nitrogens with zero attached hydrogens (tertiary/aromatic N) is 1. The van der Waals surface area contributed by atoms with E-state index in [1.807, 2.05) is 30.3 Å². The first-order chi connectivity index (χ1) is 8.26. The van der Waals surface area contributed by atoms with Crippen LogP contribution in [0.4, 0.5) is 0 Å². The molecular weight excluding hydrogens is 208 g/mol. The van der Waals surface area contributed by atoms with E-state index in [0.29, 0.717) is 11.5 Å². The standard InChI is InChI=1S/C15H20N2/c1-3-4-13(2)9-10-17-12-15-7-5-14(11-16)6-8-15/h3,5-8,13,17H,1,4,9-10,12H2,2H3. The highest BCUT2D eigenvalue weighted by Crippen LogP contribution is 2.07. The van der Waals surface area contributed by atoms with Crippen molar-refractivity contribution in [3.8, 4) is 6.07 Å². The number of hydrogen-bond acceptors (Lipinski definition) is 2. The van der Waals surface area contributed by atoms with Crippen molar-refractivity contribution in [1.29, 1.82) is 5.26 Å². The second-order valence-corrected chi connectivity index (χ2v) is 4.40. The average Bonchev–Trinajstić information content (AvgIpc) is 2.36. The molecule has 0 spiro atoms.